The van der Waals surface area contributed by atoms with Crippen LogP contribution in [0.3, 0.4) is 0 Å². The lowest BCUT2D eigenvalue weighted by Crippen LogP contribution is -2.24. The van der Waals surface area contributed by atoms with Gasteiger partial charge in [0.2, 0.25) is 6.29 Å². The fourth-order valence-corrected chi connectivity index (χ4v) is 1.26. The van der Waals surface area contributed by atoms with E-state index in [1.165, 1.54) is 14.2 Å². The van der Waals surface area contributed by atoms with Crippen molar-refractivity contribution >= 4 is 17.7 Å². The molecule has 1 aromatic rings. The lowest BCUT2D eigenvalue weighted by atomic mass is 10.3. The molecule has 6 heteroatoms. The maximum Gasteiger partial charge on any atom is 0.412 e. The standard InChI is InChI=1S/C11H14ClNO4/c1-13-11(14)17-9-6-4-3-5-8(9)16-10(7-12)15-2/h3-6,10H,7H2,1-2H3,(H,13,14)/t10-/m0/s1. The van der Waals surface area contributed by atoms with E-state index in [0.717, 1.165) is 0 Å². The minimum absolute atomic E-state index is 0.171. The van der Waals surface area contributed by atoms with E-state index >= 15 is 0 Å². The fourth-order valence-electron chi connectivity index (χ4n) is 1.07. The average Bonchev–Trinajstić information content (AvgIpc) is 2.37. The van der Waals surface area contributed by atoms with Crippen molar-refractivity contribution in [1.82, 2.24) is 5.32 Å². The van der Waals surface area contributed by atoms with Crippen LogP contribution in [0.5, 0.6) is 11.5 Å². The second kappa shape index (κ2) is 6.98. The van der Waals surface area contributed by atoms with Gasteiger partial charge in [0.25, 0.3) is 0 Å². The molecule has 0 unspecified atom stereocenters. The van der Waals surface area contributed by atoms with Gasteiger partial charge < -0.3 is 19.5 Å². The number of ether oxygens (including phenoxy) is 3. The van der Waals surface area contributed by atoms with Crippen LogP contribution < -0.4 is 14.8 Å². The molecule has 0 radical (unpaired) electrons. The summed E-state index contributed by atoms with van der Waals surface area (Å²) in [4.78, 5) is 11.1. The maximum atomic E-state index is 11.1. The normalized spacial score (nSPS) is 11.7. The van der Waals surface area contributed by atoms with Crippen LogP contribution in [-0.2, 0) is 4.74 Å². The number of para-hydroxylation sites is 2. The summed E-state index contributed by atoms with van der Waals surface area (Å²) in [5.74, 6) is 0.868. The Bertz CT molecular complexity index is 368. The molecule has 0 spiro atoms. The van der Waals surface area contributed by atoms with Crippen molar-refractivity contribution < 1.29 is 19.0 Å². The molecule has 1 N–H and O–H groups in total. The first-order valence-electron chi connectivity index (χ1n) is 4.95. The highest BCUT2D eigenvalue weighted by Gasteiger charge is 2.13. The summed E-state index contributed by atoms with van der Waals surface area (Å²) in [6, 6.07) is 6.77. The van der Waals surface area contributed by atoms with Crippen LogP contribution in [0.15, 0.2) is 24.3 Å². The smallest absolute Gasteiger partial charge is 0.412 e. The third kappa shape index (κ3) is 4.13. The van der Waals surface area contributed by atoms with Crippen LogP contribution in [0, 0.1) is 0 Å². The summed E-state index contributed by atoms with van der Waals surface area (Å²) in [6.07, 6.45) is -1.16. The van der Waals surface area contributed by atoms with Gasteiger partial charge in [-0.1, -0.05) is 12.1 Å². The third-order valence-electron chi connectivity index (χ3n) is 1.90. The van der Waals surface area contributed by atoms with E-state index in [4.69, 9.17) is 25.8 Å². The Morgan fingerprint density at radius 3 is 2.59 bits per heavy atom. The fraction of sp³-hybridized carbons (Fsp3) is 0.364. The van der Waals surface area contributed by atoms with Crippen molar-refractivity contribution in [2.24, 2.45) is 0 Å². The predicted molar refractivity (Wildman–Crippen MR) is 63.7 cm³/mol. The quantitative estimate of drug-likeness (QED) is 0.649. The van der Waals surface area contributed by atoms with Gasteiger partial charge in [-0.05, 0) is 12.1 Å². The Morgan fingerprint density at radius 2 is 2.06 bits per heavy atom. The van der Waals surface area contributed by atoms with Gasteiger partial charge in [0.05, 0.1) is 5.88 Å². The Balaban J connectivity index is 2.80. The molecule has 1 aromatic carbocycles. The number of amides is 1. The molecule has 0 aromatic heterocycles. The molecule has 0 fully saturated rings. The topological polar surface area (TPSA) is 56.8 Å². The SMILES string of the molecule is CNC(=O)Oc1ccccc1O[C@@H](CCl)OC. The monoisotopic (exact) mass is 259 g/mol. The lowest BCUT2D eigenvalue weighted by molar-refractivity contribution is -0.0366. The molecule has 0 saturated carbocycles. The second-order valence-electron chi connectivity index (χ2n) is 3.02. The minimum atomic E-state index is -0.592. The minimum Gasteiger partial charge on any atom is -0.460 e. The van der Waals surface area contributed by atoms with Crippen molar-refractivity contribution in [1.29, 1.82) is 0 Å². The predicted octanol–water partition coefficient (Wildman–Crippen LogP) is 1.99. The lowest BCUT2D eigenvalue weighted by Gasteiger charge is -2.16. The first kappa shape index (κ1) is 13.6. The van der Waals surface area contributed by atoms with Gasteiger partial charge in [-0.15, -0.1) is 11.6 Å². The highest BCUT2D eigenvalue weighted by atomic mass is 35.5. The maximum absolute atomic E-state index is 11.1. The van der Waals surface area contributed by atoms with Crippen LogP contribution >= 0.6 is 11.6 Å². The van der Waals surface area contributed by atoms with Gasteiger partial charge in [-0.25, -0.2) is 4.79 Å². The zero-order chi connectivity index (χ0) is 12.7. The Labute approximate surface area is 105 Å². The van der Waals surface area contributed by atoms with Gasteiger partial charge in [0.1, 0.15) is 0 Å². The van der Waals surface area contributed by atoms with E-state index < -0.39 is 12.4 Å². The number of nitrogens with one attached hydrogen (secondary N) is 1. The molecule has 0 aliphatic heterocycles. The Kier molecular flexibility index (Phi) is 5.59. The number of alkyl halides is 1. The first-order chi connectivity index (χ1) is 8.21. The molecular formula is C11H14ClNO4. The molecular weight excluding hydrogens is 246 g/mol. The van der Waals surface area contributed by atoms with Gasteiger partial charge in [-0.3, -0.25) is 0 Å². The highest BCUT2D eigenvalue weighted by Crippen LogP contribution is 2.27. The number of methoxy groups -OCH3 is 1. The number of benzene rings is 1. The number of carbonyl (C=O) groups is 1. The molecule has 0 aliphatic rings. The van der Waals surface area contributed by atoms with Crippen LogP contribution in [0.4, 0.5) is 4.79 Å². The van der Waals surface area contributed by atoms with Crippen LogP contribution in [0.1, 0.15) is 0 Å². The van der Waals surface area contributed by atoms with Crippen LogP contribution in [0.25, 0.3) is 0 Å². The molecule has 17 heavy (non-hydrogen) atoms. The van der Waals surface area contributed by atoms with Crippen LogP contribution in [0.2, 0.25) is 0 Å². The van der Waals surface area contributed by atoms with Crippen molar-refractivity contribution in [2.45, 2.75) is 6.29 Å². The molecule has 1 amide bonds. The van der Waals surface area contributed by atoms with Crippen LogP contribution in [-0.4, -0.2) is 32.4 Å². The summed E-state index contributed by atoms with van der Waals surface area (Å²) < 4.78 is 15.4. The number of carbonyl (C=O) groups excluding carboxylic acids is 1. The van der Waals surface area contributed by atoms with E-state index in [2.05, 4.69) is 5.32 Å². The summed E-state index contributed by atoms with van der Waals surface area (Å²) in [5, 5.41) is 2.35. The van der Waals surface area contributed by atoms with E-state index in [1.807, 2.05) is 0 Å². The third-order valence-corrected chi connectivity index (χ3v) is 2.16. The zero-order valence-electron chi connectivity index (χ0n) is 9.60. The van der Waals surface area contributed by atoms with Crippen molar-refractivity contribution in [2.75, 3.05) is 20.0 Å². The molecule has 1 atom stereocenters. The van der Waals surface area contributed by atoms with Gasteiger partial charge >= 0.3 is 6.09 Å². The molecule has 0 bridgehead atoms. The van der Waals surface area contributed by atoms with E-state index in [9.17, 15) is 4.79 Å². The van der Waals surface area contributed by atoms with Gasteiger partial charge in [0, 0.05) is 14.2 Å². The average molecular weight is 260 g/mol. The molecule has 5 nitrogen and oxygen atoms in total. The summed E-state index contributed by atoms with van der Waals surface area (Å²) >= 11 is 5.63. The molecule has 1 rings (SSSR count). The number of hydrogen-bond donors (Lipinski definition) is 1. The van der Waals surface area contributed by atoms with Crippen molar-refractivity contribution in [3.05, 3.63) is 24.3 Å². The first-order valence-corrected chi connectivity index (χ1v) is 5.48. The van der Waals surface area contributed by atoms with Crippen molar-refractivity contribution in [3.8, 4) is 11.5 Å². The molecule has 94 valence electrons. The Morgan fingerprint density at radius 1 is 1.41 bits per heavy atom. The molecule has 0 aliphatic carbocycles. The summed E-state index contributed by atoms with van der Waals surface area (Å²) in [5.41, 5.74) is 0. The molecule has 0 saturated heterocycles. The largest absolute Gasteiger partial charge is 0.460 e. The summed E-state index contributed by atoms with van der Waals surface area (Å²) in [7, 11) is 2.96. The molecule has 0 heterocycles. The van der Waals surface area contributed by atoms with E-state index in [0.29, 0.717) is 11.5 Å². The highest BCUT2D eigenvalue weighted by molar-refractivity contribution is 6.18. The number of halogens is 1. The number of rotatable bonds is 5. The Hall–Kier alpha value is -1.46. The summed E-state index contributed by atoms with van der Waals surface area (Å²) in [6.45, 7) is 0. The van der Waals surface area contributed by atoms with E-state index in [-0.39, 0.29) is 5.88 Å². The van der Waals surface area contributed by atoms with E-state index in [1.54, 1.807) is 24.3 Å². The van der Waals surface area contributed by atoms with Gasteiger partial charge in [-0.2, -0.15) is 0 Å². The zero-order valence-corrected chi connectivity index (χ0v) is 10.4. The van der Waals surface area contributed by atoms with Crippen molar-refractivity contribution in [3.63, 3.8) is 0 Å². The second-order valence-corrected chi connectivity index (χ2v) is 3.33. The van der Waals surface area contributed by atoms with Gasteiger partial charge in [0.15, 0.2) is 11.5 Å². The number of hydrogen-bond acceptors (Lipinski definition) is 4.